The van der Waals surface area contributed by atoms with Crippen LogP contribution in [0.15, 0.2) is 24.3 Å². The van der Waals surface area contributed by atoms with E-state index >= 15 is 0 Å². The SMILES string of the molecule is C#CN(C(=O)C(CC(C)C)NC(=O)OC(C)(C)C)C(C(=O)NC(C)CCC)c1ccc(O)cc1. The van der Waals surface area contributed by atoms with Gasteiger partial charge in [-0.3, -0.25) is 14.5 Å². The van der Waals surface area contributed by atoms with Gasteiger partial charge in [-0.2, -0.15) is 0 Å². The fourth-order valence-corrected chi connectivity index (χ4v) is 3.48. The number of nitrogens with zero attached hydrogens (tertiary/aromatic N) is 1. The van der Waals surface area contributed by atoms with Gasteiger partial charge in [-0.15, -0.1) is 0 Å². The van der Waals surface area contributed by atoms with Crippen molar-refractivity contribution in [2.75, 3.05) is 0 Å². The summed E-state index contributed by atoms with van der Waals surface area (Å²) in [6.45, 7) is 12.9. The molecule has 1 aromatic carbocycles. The molecule has 3 unspecified atom stereocenters. The van der Waals surface area contributed by atoms with Crippen molar-refractivity contribution in [3.05, 3.63) is 29.8 Å². The first-order valence-electron chi connectivity index (χ1n) is 11.7. The maximum atomic E-state index is 13.6. The molecule has 0 bridgehead atoms. The Hall–Kier alpha value is -3.21. The van der Waals surface area contributed by atoms with Crippen molar-refractivity contribution in [2.45, 2.75) is 91.5 Å². The summed E-state index contributed by atoms with van der Waals surface area (Å²) in [6, 6.07) is 6.01. The number of amides is 3. The van der Waals surface area contributed by atoms with E-state index in [-0.39, 0.29) is 17.7 Å². The van der Waals surface area contributed by atoms with E-state index in [1.807, 2.05) is 27.7 Å². The van der Waals surface area contributed by atoms with Gasteiger partial charge in [-0.1, -0.05) is 45.7 Å². The van der Waals surface area contributed by atoms with Crippen LogP contribution in [0.4, 0.5) is 4.79 Å². The molecular weight excluding hydrogens is 434 g/mol. The van der Waals surface area contributed by atoms with E-state index in [1.54, 1.807) is 32.9 Å². The predicted molar refractivity (Wildman–Crippen MR) is 132 cm³/mol. The fraction of sp³-hybridized carbons (Fsp3) is 0.577. The first-order valence-corrected chi connectivity index (χ1v) is 11.7. The number of phenolic OH excluding ortho intramolecular Hbond substituents is 1. The van der Waals surface area contributed by atoms with Gasteiger partial charge in [0.2, 0.25) is 5.91 Å². The predicted octanol–water partition coefficient (Wildman–Crippen LogP) is 4.10. The highest BCUT2D eigenvalue weighted by molar-refractivity contribution is 5.93. The van der Waals surface area contributed by atoms with E-state index in [2.05, 4.69) is 16.7 Å². The average Bonchev–Trinajstić information content (AvgIpc) is 2.70. The molecule has 0 fully saturated rings. The number of hydrogen-bond donors (Lipinski definition) is 3. The van der Waals surface area contributed by atoms with Crippen LogP contribution in [-0.4, -0.2) is 45.6 Å². The summed E-state index contributed by atoms with van der Waals surface area (Å²) < 4.78 is 5.32. The lowest BCUT2D eigenvalue weighted by Gasteiger charge is -2.31. The molecule has 0 saturated carbocycles. The molecule has 188 valence electrons. The van der Waals surface area contributed by atoms with Crippen molar-refractivity contribution < 1.29 is 24.2 Å². The number of alkyl carbamates (subject to hydrolysis) is 1. The average molecular weight is 474 g/mol. The maximum Gasteiger partial charge on any atom is 0.408 e. The Kier molecular flexibility index (Phi) is 10.9. The fourth-order valence-electron chi connectivity index (χ4n) is 3.48. The molecule has 0 aliphatic carbocycles. The summed E-state index contributed by atoms with van der Waals surface area (Å²) in [5, 5.41) is 15.2. The zero-order valence-corrected chi connectivity index (χ0v) is 21.3. The van der Waals surface area contributed by atoms with Crippen LogP contribution in [0, 0.1) is 18.4 Å². The molecule has 0 spiro atoms. The van der Waals surface area contributed by atoms with E-state index in [0.717, 1.165) is 17.7 Å². The van der Waals surface area contributed by atoms with Crippen molar-refractivity contribution in [1.29, 1.82) is 0 Å². The lowest BCUT2D eigenvalue weighted by atomic mass is 9.99. The highest BCUT2D eigenvalue weighted by atomic mass is 16.6. The Labute approximate surface area is 203 Å². The summed E-state index contributed by atoms with van der Waals surface area (Å²) in [5.41, 5.74) is -0.309. The van der Waals surface area contributed by atoms with E-state index in [9.17, 15) is 19.5 Å². The smallest absolute Gasteiger partial charge is 0.408 e. The van der Waals surface area contributed by atoms with Crippen LogP contribution in [-0.2, 0) is 14.3 Å². The molecule has 8 heteroatoms. The summed E-state index contributed by atoms with van der Waals surface area (Å²) in [4.78, 5) is 40.3. The Bertz CT molecular complexity index is 868. The number of carbonyl (C=O) groups excluding carboxylic acids is 3. The molecule has 0 radical (unpaired) electrons. The van der Waals surface area contributed by atoms with Gasteiger partial charge in [0.15, 0.2) is 0 Å². The van der Waals surface area contributed by atoms with Gasteiger partial charge in [0.25, 0.3) is 5.91 Å². The van der Waals surface area contributed by atoms with E-state index in [4.69, 9.17) is 11.2 Å². The number of aromatic hydroxyl groups is 1. The minimum Gasteiger partial charge on any atom is -0.508 e. The molecule has 1 aromatic rings. The van der Waals surface area contributed by atoms with E-state index < -0.39 is 35.6 Å². The molecule has 3 atom stereocenters. The van der Waals surface area contributed by atoms with Crippen LogP contribution in [0.1, 0.15) is 79.3 Å². The number of rotatable bonds is 10. The standard InChI is InChI=1S/C26H39N3O5/c1-9-11-18(5)27-23(31)22(19-12-14-20(30)15-13-19)29(10-2)24(32)21(16-17(3)4)28-25(33)34-26(6,7)8/h2,12-15,17-18,21-22,30H,9,11,16H2,1,3-8H3,(H,27,31)(H,28,33). The normalized spacial score (nSPS) is 13.9. The van der Waals surface area contributed by atoms with Crippen LogP contribution in [0.3, 0.4) is 0 Å². The molecular formula is C26H39N3O5. The van der Waals surface area contributed by atoms with Gasteiger partial charge in [-0.25, -0.2) is 4.79 Å². The largest absolute Gasteiger partial charge is 0.508 e. The maximum absolute atomic E-state index is 13.6. The summed E-state index contributed by atoms with van der Waals surface area (Å²) >= 11 is 0. The summed E-state index contributed by atoms with van der Waals surface area (Å²) in [5.74, 6) is -0.976. The zero-order chi connectivity index (χ0) is 26.1. The minimum absolute atomic E-state index is 0.0186. The second-order valence-electron chi connectivity index (χ2n) is 9.86. The molecule has 3 N–H and O–H groups in total. The molecule has 0 saturated heterocycles. The number of benzene rings is 1. The van der Waals surface area contributed by atoms with Gasteiger partial charge in [0.05, 0.1) is 0 Å². The molecule has 3 amide bonds. The minimum atomic E-state index is -1.15. The highest BCUT2D eigenvalue weighted by Crippen LogP contribution is 2.25. The van der Waals surface area contributed by atoms with E-state index in [0.29, 0.717) is 12.0 Å². The van der Waals surface area contributed by atoms with Gasteiger partial charge in [0.1, 0.15) is 23.4 Å². The number of nitrogens with one attached hydrogen (secondary N) is 2. The molecule has 0 aromatic heterocycles. The zero-order valence-electron chi connectivity index (χ0n) is 21.3. The number of phenols is 1. The van der Waals surface area contributed by atoms with Crippen LogP contribution < -0.4 is 10.6 Å². The summed E-state index contributed by atoms with van der Waals surface area (Å²) in [6.07, 6.45) is 6.94. The molecule has 1 rings (SSSR count). The van der Waals surface area contributed by atoms with Crippen molar-refractivity contribution in [3.63, 3.8) is 0 Å². The monoisotopic (exact) mass is 473 g/mol. The van der Waals surface area contributed by atoms with Gasteiger partial charge in [-0.05, 0) is 64.2 Å². The van der Waals surface area contributed by atoms with Crippen LogP contribution in [0.25, 0.3) is 0 Å². The third-order valence-corrected chi connectivity index (χ3v) is 4.90. The number of terminal acetylenes is 1. The Morgan fingerprint density at radius 2 is 1.71 bits per heavy atom. The first-order chi connectivity index (χ1) is 15.8. The first kappa shape index (κ1) is 28.8. The Morgan fingerprint density at radius 1 is 1.12 bits per heavy atom. The number of hydrogen-bond acceptors (Lipinski definition) is 5. The number of carbonyl (C=O) groups is 3. The topological polar surface area (TPSA) is 108 Å². The third-order valence-electron chi connectivity index (χ3n) is 4.90. The Balaban J connectivity index is 3.35. The van der Waals surface area contributed by atoms with Crippen LogP contribution in [0.2, 0.25) is 0 Å². The van der Waals surface area contributed by atoms with Gasteiger partial charge >= 0.3 is 6.09 Å². The van der Waals surface area contributed by atoms with Crippen molar-refractivity contribution in [3.8, 4) is 18.2 Å². The lowest BCUT2D eigenvalue weighted by molar-refractivity contribution is -0.139. The van der Waals surface area contributed by atoms with Crippen LogP contribution in [0.5, 0.6) is 5.75 Å². The molecule has 34 heavy (non-hydrogen) atoms. The second-order valence-corrected chi connectivity index (χ2v) is 9.86. The van der Waals surface area contributed by atoms with E-state index in [1.165, 1.54) is 12.1 Å². The van der Waals surface area contributed by atoms with Gasteiger partial charge in [0, 0.05) is 12.1 Å². The van der Waals surface area contributed by atoms with Gasteiger partial charge < -0.3 is 20.5 Å². The molecule has 0 aliphatic rings. The lowest BCUT2D eigenvalue weighted by Crippen LogP contribution is -2.52. The second kappa shape index (κ2) is 12.9. The van der Waals surface area contributed by atoms with Crippen molar-refractivity contribution >= 4 is 17.9 Å². The van der Waals surface area contributed by atoms with Crippen LogP contribution >= 0.6 is 0 Å². The van der Waals surface area contributed by atoms with Crippen molar-refractivity contribution in [1.82, 2.24) is 15.5 Å². The molecule has 8 nitrogen and oxygen atoms in total. The molecule has 0 heterocycles. The molecule has 0 aliphatic heterocycles. The third kappa shape index (κ3) is 9.34. The highest BCUT2D eigenvalue weighted by Gasteiger charge is 2.36. The van der Waals surface area contributed by atoms with Crippen molar-refractivity contribution in [2.24, 2.45) is 5.92 Å². The Morgan fingerprint density at radius 3 is 2.18 bits per heavy atom. The number of ether oxygens (including phenoxy) is 1. The summed E-state index contributed by atoms with van der Waals surface area (Å²) in [7, 11) is 0. The quantitative estimate of drug-likeness (QED) is 0.350.